The summed E-state index contributed by atoms with van der Waals surface area (Å²) < 4.78 is 7.25. The Morgan fingerprint density at radius 1 is 1.00 bits per heavy atom. The number of hydrogen-bond donors (Lipinski definition) is 2. The van der Waals surface area contributed by atoms with Crippen molar-refractivity contribution >= 4 is 16.9 Å². The standard InChI is InChI=1S/C23H22N2O3/c26-23(27)22-20(15-24-13-12-18-9-6-14-28-18)19-10-4-5-11-21(19)25(22)16-17-7-2-1-3-8-17/h1-11,14,24H,12-13,15-16H2,(H,26,27). The van der Waals surface area contributed by atoms with Crippen molar-refractivity contribution in [3.05, 3.63) is 95.6 Å². The molecule has 2 aromatic carbocycles. The molecule has 0 unspecified atom stereocenters. The fourth-order valence-electron chi connectivity index (χ4n) is 3.61. The minimum Gasteiger partial charge on any atom is -0.477 e. The molecule has 5 nitrogen and oxygen atoms in total. The lowest BCUT2D eigenvalue weighted by atomic mass is 10.1. The largest absolute Gasteiger partial charge is 0.477 e. The second-order valence-corrected chi connectivity index (χ2v) is 6.73. The Kier molecular flexibility index (Phi) is 5.26. The van der Waals surface area contributed by atoms with E-state index in [2.05, 4.69) is 5.32 Å². The van der Waals surface area contributed by atoms with E-state index in [1.807, 2.05) is 71.3 Å². The monoisotopic (exact) mass is 374 g/mol. The molecule has 142 valence electrons. The van der Waals surface area contributed by atoms with Gasteiger partial charge in [-0.3, -0.25) is 0 Å². The van der Waals surface area contributed by atoms with E-state index >= 15 is 0 Å². The summed E-state index contributed by atoms with van der Waals surface area (Å²) in [5, 5.41) is 14.3. The summed E-state index contributed by atoms with van der Waals surface area (Å²) in [7, 11) is 0. The topological polar surface area (TPSA) is 67.4 Å². The van der Waals surface area contributed by atoms with Crippen molar-refractivity contribution in [3.63, 3.8) is 0 Å². The van der Waals surface area contributed by atoms with Crippen LogP contribution in [0.25, 0.3) is 10.9 Å². The van der Waals surface area contributed by atoms with E-state index in [1.54, 1.807) is 6.26 Å². The molecule has 4 aromatic rings. The van der Waals surface area contributed by atoms with Gasteiger partial charge < -0.3 is 19.4 Å². The van der Waals surface area contributed by atoms with Crippen LogP contribution in [0, 0.1) is 0 Å². The van der Waals surface area contributed by atoms with Crippen LogP contribution in [0.15, 0.2) is 77.4 Å². The van der Waals surface area contributed by atoms with Gasteiger partial charge in [-0.2, -0.15) is 0 Å². The summed E-state index contributed by atoms with van der Waals surface area (Å²) in [6, 6.07) is 21.6. The van der Waals surface area contributed by atoms with Crippen LogP contribution in [0.5, 0.6) is 0 Å². The molecule has 0 atom stereocenters. The lowest BCUT2D eigenvalue weighted by molar-refractivity contribution is 0.0684. The van der Waals surface area contributed by atoms with Crippen LogP contribution >= 0.6 is 0 Å². The zero-order chi connectivity index (χ0) is 19.3. The summed E-state index contributed by atoms with van der Waals surface area (Å²) in [6.45, 7) is 1.73. The molecule has 0 saturated carbocycles. The van der Waals surface area contributed by atoms with Gasteiger partial charge in [0.1, 0.15) is 11.5 Å². The zero-order valence-electron chi connectivity index (χ0n) is 15.5. The van der Waals surface area contributed by atoms with E-state index in [-0.39, 0.29) is 0 Å². The Hall–Kier alpha value is -3.31. The summed E-state index contributed by atoms with van der Waals surface area (Å²) >= 11 is 0. The highest BCUT2D eigenvalue weighted by Crippen LogP contribution is 2.27. The molecule has 2 N–H and O–H groups in total. The van der Waals surface area contributed by atoms with Gasteiger partial charge in [-0.05, 0) is 23.8 Å². The second-order valence-electron chi connectivity index (χ2n) is 6.73. The van der Waals surface area contributed by atoms with E-state index in [1.165, 1.54) is 0 Å². The number of nitrogens with one attached hydrogen (secondary N) is 1. The number of rotatable bonds is 8. The normalized spacial score (nSPS) is 11.1. The molecular formula is C23H22N2O3. The Bertz CT molecular complexity index is 1070. The highest BCUT2D eigenvalue weighted by molar-refractivity contribution is 5.98. The van der Waals surface area contributed by atoms with Gasteiger partial charge >= 0.3 is 5.97 Å². The number of aromatic carboxylic acids is 1. The number of carboxylic acid groups (broad SMARTS) is 1. The van der Waals surface area contributed by atoms with Crippen LogP contribution in [0.3, 0.4) is 0 Å². The molecule has 0 aliphatic heterocycles. The molecule has 0 amide bonds. The molecule has 0 aliphatic rings. The van der Waals surface area contributed by atoms with Gasteiger partial charge in [0, 0.05) is 42.5 Å². The molecule has 0 bridgehead atoms. The van der Waals surface area contributed by atoms with Crippen LogP contribution in [-0.2, 0) is 19.5 Å². The van der Waals surface area contributed by atoms with Gasteiger partial charge in [0.15, 0.2) is 0 Å². The van der Waals surface area contributed by atoms with Crippen LogP contribution in [0.2, 0.25) is 0 Å². The smallest absolute Gasteiger partial charge is 0.352 e. The molecule has 0 spiro atoms. The number of hydrogen-bond acceptors (Lipinski definition) is 3. The molecule has 2 aromatic heterocycles. The first kappa shape index (κ1) is 18.1. The fourth-order valence-corrected chi connectivity index (χ4v) is 3.61. The third-order valence-corrected chi connectivity index (χ3v) is 4.89. The Morgan fingerprint density at radius 3 is 2.54 bits per heavy atom. The first-order chi connectivity index (χ1) is 13.7. The second kappa shape index (κ2) is 8.15. The van der Waals surface area contributed by atoms with E-state index in [4.69, 9.17) is 4.42 Å². The van der Waals surface area contributed by atoms with E-state index in [9.17, 15) is 9.90 Å². The minimum atomic E-state index is -0.907. The highest BCUT2D eigenvalue weighted by atomic mass is 16.4. The van der Waals surface area contributed by atoms with E-state index < -0.39 is 5.97 Å². The lowest BCUT2D eigenvalue weighted by Gasteiger charge is -2.10. The molecule has 0 fully saturated rings. The molecule has 0 aliphatic carbocycles. The van der Waals surface area contributed by atoms with Gasteiger partial charge in [-0.1, -0.05) is 48.5 Å². The van der Waals surface area contributed by atoms with E-state index in [0.29, 0.717) is 25.3 Å². The number of aromatic nitrogens is 1. The molecule has 5 heteroatoms. The molecule has 28 heavy (non-hydrogen) atoms. The van der Waals surface area contributed by atoms with Crippen molar-refractivity contribution in [2.24, 2.45) is 0 Å². The minimum absolute atomic E-state index is 0.343. The zero-order valence-corrected chi connectivity index (χ0v) is 15.5. The fraction of sp³-hybridized carbons (Fsp3) is 0.174. The predicted octanol–water partition coefficient (Wildman–Crippen LogP) is 4.31. The highest BCUT2D eigenvalue weighted by Gasteiger charge is 2.22. The maximum Gasteiger partial charge on any atom is 0.352 e. The summed E-state index contributed by atoms with van der Waals surface area (Å²) in [5.41, 5.74) is 3.17. The molecule has 2 heterocycles. The first-order valence-corrected chi connectivity index (χ1v) is 9.34. The van der Waals surface area contributed by atoms with Crippen molar-refractivity contribution in [2.45, 2.75) is 19.5 Å². The average Bonchev–Trinajstić information content (AvgIpc) is 3.33. The van der Waals surface area contributed by atoms with Gasteiger partial charge in [0.2, 0.25) is 0 Å². The first-order valence-electron chi connectivity index (χ1n) is 9.34. The maximum absolute atomic E-state index is 12.2. The number of nitrogens with zero attached hydrogens (tertiary/aromatic N) is 1. The average molecular weight is 374 g/mol. The van der Waals surface area contributed by atoms with Gasteiger partial charge in [-0.25, -0.2) is 4.79 Å². The number of benzene rings is 2. The van der Waals surface area contributed by atoms with Crippen molar-refractivity contribution in [2.75, 3.05) is 6.54 Å². The molecule has 0 radical (unpaired) electrons. The van der Waals surface area contributed by atoms with Crippen LogP contribution < -0.4 is 5.32 Å². The van der Waals surface area contributed by atoms with Crippen LogP contribution in [0.4, 0.5) is 0 Å². The van der Waals surface area contributed by atoms with Gasteiger partial charge in [-0.15, -0.1) is 0 Å². The quantitative estimate of drug-likeness (QED) is 0.451. The molecule has 4 rings (SSSR count). The van der Waals surface area contributed by atoms with Gasteiger partial charge in [0.25, 0.3) is 0 Å². The van der Waals surface area contributed by atoms with Crippen molar-refractivity contribution in [3.8, 4) is 0 Å². The summed E-state index contributed by atoms with van der Waals surface area (Å²) in [5.74, 6) is 0.00688. The number of carbonyl (C=O) groups is 1. The third kappa shape index (κ3) is 3.70. The number of furan rings is 1. The SMILES string of the molecule is O=C(O)c1c(CNCCc2ccco2)c2ccccc2n1Cc1ccccc1. The van der Waals surface area contributed by atoms with E-state index in [0.717, 1.165) is 34.2 Å². The third-order valence-electron chi connectivity index (χ3n) is 4.89. The number of fused-ring (bicyclic) bond motifs is 1. The number of carboxylic acids is 1. The Morgan fingerprint density at radius 2 is 1.79 bits per heavy atom. The summed E-state index contributed by atoms with van der Waals surface area (Å²) in [4.78, 5) is 12.2. The Balaban J connectivity index is 1.64. The molecule has 0 saturated heterocycles. The van der Waals surface area contributed by atoms with Gasteiger partial charge in [0.05, 0.1) is 6.26 Å². The summed E-state index contributed by atoms with van der Waals surface area (Å²) in [6.07, 6.45) is 2.42. The van der Waals surface area contributed by atoms with Crippen LogP contribution in [-0.4, -0.2) is 22.2 Å². The maximum atomic E-state index is 12.2. The van der Waals surface area contributed by atoms with Crippen molar-refractivity contribution in [1.29, 1.82) is 0 Å². The predicted molar refractivity (Wildman–Crippen MR) is 109 cm³/mol. The van der Waals surface area contributed by atoms with Crippen molar-refractivity contribution in [1.82, 2.24) is 9.88 Å². The molecular weight excluding hydrogens is 352 g/mol. The Labute approximate surface area is 163 Å². The van der Waals surface area contributed by atoms with Crippen LogP contribution in [0.1, 0.15) is 27.4 Å². The van der Waals surface area contributed by atoms with Crippen molar-refractivity contribution < 1.29 is 14.3 Å². The number of para-hydroxylation sites is 1. The lowest BCUT2D eigenvalue weighted by Crippen LogP contribution is -2.19.